The predicted octanol–water partition coefficient (Wildman–Crippen LogP) is 3.82. The minimum absolute atomic E-state index is 0.0231. The topological polar surface area (TPSA) is 190 Å². The molecule has 0 saturated heterocycles. The van der Waals surface area contributed by atoms with Crippen molar-refractivity contribution in [3.05, 3.63) is 92.0 Å². The third-order valence-corrected chi connectivity index (χ3v) is 3.79. The first kappa shape index (κ1) is 23.7. The Morgan fingerprint density at radius 2 is 1.20 bits per heavy atom. The molecule has 30 heavy (non-hydrogen) atoms. The van der Waals surface area contributed by atoms with Crippen LogP contribution in [0.2, 0.25) is 0 Å². The van der Waals surface area contributed by atoms with Gasteiger partial charge in [-0.3, -0.25) is 20.2 Å². The van der Waals surface area contributed by atoms with E-state index >= 15 is 0 Å². The first-order valence-corrected chi connectivity index (χ1v) is 8.63. The number of nitrogens with zero attached hydrogens (tertiary/aromatic N) is 2. The van der Waals surface area contributed by atoms with Crippen molar-refractivity contribution in [2.75, 3.05) is 22.9 Å². The van der Waals surface area contributed by atoms with Crippen LogP contribution in [0.4, 0.5) is 34.1 Å². The van der Waals surface area contributed by atoms with Gasteiger partial charge in [0.15, 0.2) is 0 Å². The lowest BCUT2D eigenvalue weighted by Crippen LogP contribution is -1.95. The largest absolute Gasteiger partial charge is 0.399 e. The smallest absolute Gasteiger partial charge is 0.292 e. The lowest BCUT2D eigenvalue weighted by Gasteiger charge is -1.97. The average Bonchev–Trinajstić information content (AvgIpc) is 2.69. The third kappa shape index (κ3) is 7.72. The van der Waals surface area contributed by atoms with Crippen molar-refractivity contribution in [1.82, 2.24) is 0 Å². The van der Waals surface area contributed by atoms with Crippen molar-refractivity contribution in [1.29, 1.82) is 0 Å². The number of nitrogen functional groups attached to an aromatic ring is 4. The third-order valence-electron chi connectivity index (χ3n) is 3.79. The van der Waals surface area contributed by atoms with Crippen LogP contribution in [0.25, 0.3) is 0 Å². The highest BCUT2D eigenvalue weighted by Crippen LogP contribution is 2.21. The van der Waals surface area contributed by atoms with Crippen molar-refractivity contribution in [3.63, 3.8) is 0 Å². The van der Waals surface area contributed by atoms with Gasteiger partial charge in [-0.2, -0.15) is 0 Å². The van der Waals surface area contributed by atoms with Crippen LogP contribution in [0.3, 0.4) is 0 Å². The summed E-state index contributed by atoms with van der Waals surface area (Å²) in [5, 5.41) is 20.5. The summed E-state index contributed by atoms with van der Waals surface area (Å²) in [5.41, 5.74) is 25.4. The fourth-order valence-corrected chi connectivity index (χ4v) is 2.05. The van der Waals surface area contributed by atoms with Crippen LogP contribution in [-0.2, 0) is 0 Å². The van der Waals surface area contributed by atoms with Crippen molar-refractivity contribution in [2.45, 2.75) is 13.8 Å². The van der Waals surface area contributed by atoms with E-state index in [1.807, 2.05) is 0 Å². The molecule has 10 nitrogen and oxygen atoms in total. The summed E-state index contributed by atoms with van der Waals surface area (Å²) >= 11 is 0. The number of nitro benzene ring substituents is 2. The summed E-state index contributed by atoms with van der Waals surface area (Å²) in [4.78, 5) is 19.6. The minimum atomic E-state index is -0.484. The monoisotopic (exact) mass is 412 g/mol. The molecule has 0 spiro atoms. The Hall–Kier alpha value is -4.34. The molecule has 0 saturated carbocycles. The fraction of sp³-hybridized carbons (Fsp3) is 0.100. The van der Waals surface area contributed by atoms with Gasteiger partial charge in [-0.05, 0) is 55.3 Å². The first-order chi connectivity index (χ1) is 14.0. The standard InChI is InChI=1S/2C7H8N2O2.C6H8N2/c1-5-2-3-6(9(10)11)4-7(5)8;1-5-2-3-6(8)7(4-5)9(10)11;7-5-1-2-6(8)4-3-5/h2*2-4H,8H2,1H3;1-4H,7-8H2. The zero-order chi connectivity index (χ0) is 22.8. The lowest BCUT2D eigenvalue weighted by molar-refractivity contribution is -0.384. The zero-order valence-electron chi connectivity index (χ0n) is 16.6. The van der Waals surface area contributed by atoms with E-state index < -0.39 is 9.85 Å². The van der Waals surface area contributed by atoms with Crippen molar-refractivity contribution >= 4 is 34.1 Å². The summed E-state index contributed by atoms with van der Waals surface area (Å²) in [6.07, 6.45) is 0. The Bertz CT molecular complexity index is 1000. The van der Waals surface area contributed by atoms with Gasteiger partial charge in [0.1, 0.15) is 5.69 Å². The van der Waals surface area contributed by atoms with Crippen molar-refractivity contribution < 1.29 is 9.85 Å². The second-order valence-corrected chi connectivity index (χ2v) is 6.28. The Morgan fingerprint density at radius 3 is 1.60 bits per heavy atom. The molecule has 0 heterocycles. The Morgan fingerprint density at radius 1 is 0.667 bits per heavy atom. The summed E-state index contributed by atoms with van der Waals surface area (Å²) in [7, 11) is 0. The summed E-state index contributed by atoms with van der Waals surface area (Å²) in [6, 6.07) is 16.2. The molecule has 0 aliphatic carbocycles. The molecule has 3 aromatic carbocycles. The predicted molar refractivity (Wildman–Crippen MR) is 120 cm³/mol. The van der Waals surface area contributed by atoms with Crippen LogP contribution in [0.5, 0.6) is 0 Å². The number of non-ortho nitro benzene ring substituents is 1. The number of rotatable bonds is 2. The zero-order valence-corrected chi connectivity index (χ0v) is 16.6. The second kappa shape index (κ2) is 10.9. The molecule has 0 fully saturated rings. The minimum Gasteiger partial charge on any atom is -0.399 e. The molecule has 158 valence electrons. The van der Waals surface area contributed by atoms with Crippen molar-refractivity contribution in [2.24, 2.45) is 0 Å². The van der Waals surface area contributed by atoms with Gasteiger partial charge in [-0.15, -0.1) is 0 Å². The molecule has 0 radical (unpaired) electrons. The Labute approximate surface area is 173 Å². The quantitative estimate of drug-likeness (QED) is 0.277. The van der Waals surface area contributed by atoms with Gasteiger partial charge in [-0.1, -0.05) is 12.1 Å². The highest BCUT2D eigenvalue weighted by atomic mass is 16.6. The maximum absolute atomic E-state index is 10.3. The number of nitro groups is 2. The number of hydrogen-bond donors (Lipinski definition) is 4. The van der Waals surface area contributed by atoms with E-state index in [9.17, 15) is 20.2 Å². The molecule has 10 heteroatoms. The molecule has 0 aliphatic rings. The molecule has 8 N–H and O–H groups in total. The normalized spacial score (nSPS) is 9.40. The summed E-state index contributed by atoms with van der Waals surface area (Å²) in [5.74, 6) is 0. The maximum atomic E-state index is 10.3. The van der Waals surface area contributed by atoms with E-state index in [0.717, 1.165) is 22.5 Å². The fourth-order valence-electron chi connectivity index (χ4n) is 2.05. The average molecular weight is 412 g/mol. The maximum Gasteiger partial charge on any atom is 0.292 e. The van der Waals surface area contributed by atoms with Crippen LogP contribution in [0.15, 0.2) is 60.7 Å². The molecule has 3 rings (SSSR count). The SMILES string of the molecule is Cc1ccc(N)c([N+](=O)[O-])c1.Cc1ccc([N+](=O)[O-])cc1N.Nc1ccc(N)cc1. The van der Waals surface area contributed by atoms with Gasteiger partial charge >= 0.3 is 0 Å². The molecule has 0 aromatic heterocycles. The number of nitrogens with two attached hydrogens (primary N) is 4. The van der Waals surface area contributed by atoms with Gasteiger partial charge in [-0.25, -0.2) is 0 Å². The van der Waals surface area contributed by atoms with Crippen molar-refractivity contribution in [3.8, 4) is 0 Å². The number of anilines is 4. The van der Waals surface area contributed by atoms with Crippen LogP contribution in [-0.4, -0.2) is 9.85 Å². The molecule has 0 atom stereocenters. The van der Waals surface area contributed by atoms with Gasteiger partial charge in [0.2, 0.25) is 0 Å². The Kier molecular flexibility index (Phi) is 8.58. The number of hydrogen-bond acceptors (Lipinski definition) is 8. The first-order valence-electron chi connectivity index (χ1n) is 8.63. The van der Waals surface area contributed by atoms with Gasteiger partial charge in [0.25, 0.3) is 11.4 Å². The number of benzene rings is 3. The van der Waals surface area contributed by atoms with Gasteiger partial charge < -0.3 is 22.9 Å². The van der Waals surface area contributed by atoms with E-state index in [0.29, 0.717) is 5.69 Å². The summed E-state index contributed by atoms with van der Waals surface area (Å²) < 4.78 is 0. The second-order valence-electron chi connectivity index (χ2n) is 6.28. The van der Waals surface area contributed by atoms with Gasteiger partial charge in [0.05, 0.1) is 9.85 Å². The van der Waals surface area contributed by atoms with E-state index in [1.165, 1.54) is 24.3 Å². The van der Waals surface area contributed by atoms with Crippen LogP contribution >= 0.6 is 0 Å². The van der Waals surface area contributed by atoms with Crippen LogP contribution in [0, 0.1) is 34.1 Å². The molecule has 0 unspecified atom stereocenters. The Balaban J connectivity index is 0.000000228. The van der Waals surface area contributed by atoms with E-state index in [-0.39, 0.29) is 17.1 Å². The molecule has 0 amide bonds. The molecule has 3 aromatic rings. The lowest BCUT2D eigenvalue weighted by atomic mass is 10.2. The highest BCUT2D eigenvalue weighted by Gasteiger charge is 2.09. The van der Waals surface area contributed by atoms with E-state index in [2.05, 4.69) is 0 Å². The molecular formula is C20H24N6O4. The van der Waals surface area contributed by atoms with Gasteiger partial charge in [0, 0.05) is 35.3 Å². The highest BCUT2D eigenvalue weighted by molar-refractivity contribution is 5.58. The van der Waals surface area contributed by atoms with Crippen LogP contribution in [0.1, 0.15) is 11.1 Å². The molecule has 0 aliphatic heterocycles. The molecular weight excluding hydrogens is 388 g/mol. The van der Waals surface area contributed by atoms with Crippen LogP contribution < -0.4 is 22.9 Å². The molecule has 0 bridgehead atoms. The summed E-state index contributed by atoms with van der Waals surface area (Å²) in [6.45, 7) is 3.59. The van der Waals surface area contributed by atoms with E-state index in [4.69, 9.17) is 22.9 Å². The van der Waals surface area contributed by atoms with E-state index in [1.54, 1.807) is 50.2 Å². The number of aryl methyl sites for hydroxylation is 2.